The fraction of sp³-hybridized carbons (Fsp3) is 0.316. The fourth-order valence-corrected chi connectivity index (χ4v) is 3.67. The molecule has 0 aliphatic heterocycles. The first-order valence-electron chi connectivity index (χ1n) is 8.37. The molecule has 2 rings (SSSR count). The lowest BCUT2D eigenvalue weighted by Gasteiger charge is -2.22. The van der Waals surface area contributed by atoms with Gasteiger partial charge < -0.3 is 10.1 Å². The average molecular weight is 455 g/mol. The first-order chi connectivity index (χ1) is 12.6. The van der Waals surface area contributed by atoms with Crippen LogP contribution in [0.4, 0.5) is 11.4 Å². The lowest BCUT2D eigenvalue weighted by atomic mass is 9.89. The molecule has 6 nitrogen and oxygen atoms in total. The number of sulfonamides is 1. The summed E-state index contributed by atoms with van der Waals surface area (Å²) in [5, 5.41) is 2.78. The Morgan fingerprint density at radius 2 is 1.70 bits per heavy atom. The Kier molecular flexibility index (Phi) is 6.54. The minimum absolute atomic E-state index is 0.0555. The monoisotopic (exact) mass is 454 g/mol. The molecule has 2 aromatic rings. The zero-order chi connectivity index (χ0) is 20.2. The number of hydrogen-bond acceptors (Lipinski definition) is 4. The van der Waals surface area contributed by atoms with Crippen LogP contribution in [0, 0.1) is 5.41 Å². The van der Waals surface area contributed by atoms with E-state index in [4.69, 9.17) is 4.74 Å². The Morgan fingerprint density at radius 3 is 2.26 bits per heavy atom. The number of nitrogens with one attached hydrogen (secondary N) is 2. The van der Waals surface area contributed by atoms with Crippen LogP contribution in [0.3, 0.4) is 0 Å². The van der Waals surface area contributed by atoms with Gasteiger partial charge in [-0.05, 0) is 48.9 Å². The lowest BCUT2D eigenvalue weighted by molar-refractivity contribution is -0.124. The van der Waals surface area contributed by atoms with E-state index < -0.39 is 15.4 Å². The van der Waals surface area contributed by atoms with E-state index in [9.17, 15) is 13.2 Å². The van der Waals surface area contributed by atoms with Crippen LogP contribution in [-0.4, -0.2) is 21.4 Å². The third-order valence-electron chi connectivity index (χ3n) is 4.31. The standard InChI is InChI=1S/C19H23BrN2O4S/c1-5-19(2,3)18(23)21-15-10-11-16(26-4)17(12-15)27(24,25)22-14-8-6-13(20)7-9-14/h6-12,22H,5H2,1-4H3,(H,21,23). The van der Waals surface area contributed by atoms with Gasteiger partial charge in [-0.2, -0.15) is 0 Å². The molecule has 146 valence electrons. The van der Waals surface area contributed by atoms with Gasteiger partial charge in [0.2, 0.25) is 5.91 Å². The van der Waals surface area contributed by atoms with Crippen molar-refractivity contribution in [1.82, 2.24) is 0 Å². The summed E-state index contributed by atoms with van der Waals surface area (Å²) >= 11 is 3.31. The molecule has 0 unspecified atom stereocenters. The number of halogens is 1. The Balaban J connectivity index is 2.36. The van der Waals surface area contributed by atoms with E-state index in [2.05, 4.69) is 26.0 Å². The average Bonchev–Trinajstić information content (AvgIpc) is 2.63. The van der Waals surface area contributed by atoms with Crippen molar-refractivity contribution in [1.29, 1.82) is 0 Å². The van der Waals surface area contributed by atoms with Crippen molar-refractivity contribution in [2.45, 2.75) is 32.1 Å². The fourth-order valence-electron chi connectivity index (χ4n) is 2.15. The molecule has 2 N–H and O–H groups in total. The minimum Gasteiger partial charge on any atom is -0.495 e. The van der Waals surface area contributed by atoms with Crippen molar-refractivity contribution in [3.63, 3.8) is 0 Å². The summed E-state index contributed by atoms with van der Waals surface area (Å²) in [6.07, 6.45) is 0.658. The third-order valence-corrected chi connectivity index (χ3v) is 6.24. The summed E-state index contributed by atoms with van der Waals surface area (Å²) in [5.74, 6) is 0.00625. The second-order valence-electron chi connectivity index (χ2n) is 6.67. The van der Waals surface area contributed by atoms with Gasteiger partial charge in [0.25, 0.3) is 10.0 Å². The van der Waals surface area contributed by atoms with E-state index in [1.807, 2.05) is 20.8 Å². The van der Waals surface area contributed by atoms with Crippen LogP contribution in [0.5, 0.6) is 5.75 Å². The summed E-state index contributed by atoms with van der Waals surface area (Å²) in [7, 11) is -2.51. The highest BCUT2D eigenvalue weighted by atomic mass is 79.9. The van der Waals surface area contributed by atoms with Crippen LogP contribution in [0.2, 0.25) is 0 Å². The van der Waals surface area contributed by atoms with Gasteiger partial charge in [0, 0.05) is 21.3 Å². The van der Waals surface area contributed by atoms with Crippen LogP contribution in [0.25, 0.3) is 0 Å². The molecule has 0 aromatic heterocycles. The third kappa shape index (κ3) is 5.23. The van der Waals surface area contributed by atoms with E-state index in [0.717, 1.165) is 4.47 Å². The largest absolute Gasteiger partial charge is 0.495 e. The number of hydrogen-bond donors (Lipinski definition) is 2. The lowest BCUT2D eigenvalue weighted by Crippen LogP contribution is -2.30. The number of anilines is 2. The van der Waals surface area contributed by atoms with Gasteiger partial charge in [0.15, 0.2) is 0 Å². The first-order valence-corrected chi connectivity index (χ1v) is 10.6. The van der Waals surface area contributed by atoms with E-state index in [1.165, 1.54) is 19.2 Å². The smallest absolute Gasteiger partial charge is 0.265 e. The van der Waals surface area contributed by atoms with Crippen molar-refractivity contribution >= 4 is 43.2 Å². The quantitative estimate of drug-likeness (QED) is 0.638. The van der Waals surface area contributed by atoms with E-state index in [1.54, 1.807) is 30.3 Å². The molecule has 0 spiro atoms. The SMILES string of the molecule is CCC(C)(C)C(=O)Nc1ccc(OC)c(S(=O)(=O)Nc2ccc(Br)cc2)c1. The molecule has 8 heteroatoms. The molecule has 0 aliphatic rings. The first kappa shape index (κ1) is 21.2. The number of carbonyl (C=O) groups excluding carboxylic acids is 1. The Morgan fingerprint density at radius 1 is 1.11 bits per heavy atom. The summed E-state index contributed by atoms with van der Waals surface area (Å²) in [6, 6.07) is 11.3. The number of rotatable bonds is 7. The molecule has 0 aliphatic carbocycles. The van der Waals surface area contributed by atoms with Gasteiger partial charge in [0.1, 0.15) is 10.6 Å². The van der Waals surface area contributed by atoms with Gasteiger partial charge in [0.05, 0.1) is 7.11 Å². The molecule has 1 amide bonds. The van der Waals surface area contributed by atoms with E-state index >= 15 is 0 Å². The molecular formula is C19H23BrN2O4S. The van der Waals surface area contributed by atoms with E-state index in [-0.39, 0.29) is 16.6 Å². The van der Waals surface area contributed by atoms with Crippen molar-refractivity contribution in [2.24, 2.45) is 5.41 Å². The highest BCUT2D eigenvalue weighted by Crippen LogP contribution is 2.30. The predicted octanol–water partition coefficient (Wildman–Crippen LogP) is 4.63. The van der Waals surface area contributed by atoms with Crippen molar-refractivity contribution in [3.05, 3.63) is 46.9 Å². The van der Waals surface area contributed by atoms with Crippen molar-refractivity contribution in [2.75, 3.05) is 17.1 Å². The van der Waals surface area contributed by atoms with Crippen LogP contribution in [0.1, 0.15) is 27.2 Å². The number of benzene rings is 2. The normalized spacial score (nSPS) is 11.7. The van der Waals surface area contributed by atoms with Gasteiger partial charge >= 0.3 is 0 Å². The summed E-state index contributed by atoms with van der Waals surface area (Å²) in [5.41, 5.74) is 0.245. The highest BCUT2D eigenvalue weighted by Gasteiger charge is 2.26. The molecule has 0 heterocycles. The maximum Gasteiger partial charge on any atom is 0.265 e. The summed E-state index contributed by atoms with van der Waals surface area (Å²) in [4.78, 5) is 12.3. The minimum atomic E-state index is -3.91. The van der Waals surface area contributed by atoms with E-state index in [0.29, 0.717) is 17.8 Å². The number of ether oxygens (including phenoxy) is 1. The summed E-state index contributed by atoms with van der Waals surface area (Å²) < 4.78 is 34.2. The number of amides is 1. The molecule has 0 fully saturated rings. The molecular weight excluding hydrogens is 432 g/mol. The predicted molar refractivity (Wildman–Crippen MR) is 111 cm³/mol. The van der Waals surface area contributed by atoms with Gasteiger partial charge in [-0.15, -0.1) is 0 Å². The van der Waals surface area contributed by atoms with Crippen LogP contribution >= 0.6 is 15.9 Å². The zero-order valence-corrected chi connectivity index (χ0v) is 18.1. The number of methoxy groups -OCH3 is 1. The van der Waals surface area contributed by atoms with Crippen molar-refractivity contribution < 1.29 is 17.9 Å². The topological polar surface area (TPSA) is 84.5 Å². The van der Waals surface area contributed by atoms with Crippen molar-refractivity contribution in [3.8, 4) is 5.75 Å². The molecule has 0 saturated carbocycles. The van der Waals surface area contributed by atoms with Crippen LogP contribution < -0.4 is 14.8 Å². The van der Waals surface area contributed by atoms with Gasteiger partial charge in [-0.1, -0.05) is 36.7 Å². The molecule has 0 bridgehead atoms. The molecule has 0 atom stereocenters. The maximum absolute atomic E-state index is 12.8. The Hall–Kier alpha value is -2.06. The zero-order valence-electron chi connectivity index (χ0n) is 15.7. The second kappa shape index (κ2) is 8.31. The second-order valence-corrected chi connectivity index (χ2v) is 9.24. The van der Waals surface area contributed by atoms with Gasteiger partial charge in [-0.25, -0.2) is 8.42 Å². The Labute approximate surface area is 168 Å². The molecule has 2 aromatic carbocycles. The molecule has 0 radical (unpaired) electrons. The molecule has 0 saturated heterocycles. The number of carbonyl (C=O) groups is 1. The van der Waals surface area contributed by atoms with Gasteiger partial charge in [-0.3, -0.25) is 9.52 Å². The Bertz CT molecular complexity index is 925. The van der Waals surface area contributed by atoms with Crippen LogP contribution in [-0.2, 0) is 14.8 Å². The summed E-state index contributed by atoms with van der Waals surface area (Å²) in [6.45, 7) is 5.59. The van der Waals surface area contributed by atoms with Crippen LogP contribution in [0.15, 0.2) is 51.8 Å². The highest BCUT2D eigenvalue weighted by molar-refractivity contribution is 9.10. The molecule has 27 heavy (non-hydrogen) atoms. The maximum atomic E-state index is 12.8.